The third-order valence-corrected chi connectivity index (χ3v) is 3.17. The minimum Gasteiger partial charge on any atom is -0.480 e. The van der Waals surface area contributed by atoms with Crippen LogP contribution in [0.25, 0.3) is 0 Å². The summed E-state index contributed by atoms with van der Waals surface area (Å²) in [6, 6.07) is 7.49. The summed E-state index contributed by atoms with van der Waals surface area (Å²) in [5.74, 6) is -1.92. The highest BCUT2D eigenvalue weighted by molar-refractivity contribution is 5.96. The molecule has 0 radical (unpaired) electrons. The number of carbonyl (C=O) groups excluding carboxylic acids is 2. The maximum absolute atomic E-state index is 12.0. The Balaban J connectivity index is 1.92. The lowest BCUT2D eigenvalue weighted by atomic mass is 10.2. The van der Waals surface area contributed by atoms with Gasteiger partial charge in [-0.2, -0.15) is 0 Å². The molecule has 0 saturated carbocycles. The Morgan fingerprint density at radius 2 is 2.00 bits per heavy atom. The van der Waals surface area contributed by atoms with E-state index in [1.54, 1.807) is 30.3 Å². The van der Waals surface area contributed by atoms with E-state index in [0.717, 1.165) is 0 Å². The molecule has 2 amide bonds. The van der Waals surface area contributed by atoms with Crippen LogP contribution in [-0.4, -0.2) is 60.1 Å². The molecule has 1 atom stereocenters. The van der Waals surface area contributed by atoms with Crippen LogP contribution in [0, 0.1) is 0 Å². The average molecular weight is 292 g/mol. The second-order valence-electron chi connectivity index (χ2n) is 4.56. The largest absolute Gasteiger partial charge is 0.480 e. The molecule has 21 heavy (non-hydrogen) atoms. The number of amides is 2. The molecule has 1 saturated heterocycles. The Hall–Kier alpha value is -2.41. The van der Waals surface area contributed by atoms with E-state index in [1.165, 1.54) is 4.90 Å². The first-order valence-corrected chi connectivity index (χ1v) is 6.53. The van der Waals surface area contributed by atoms with Gasteiger partial charge in [-0.1, -0.05) is 18.2 Å². The van der Waals surface area contributed by atoms with Gasteiger partial charge >= 0.3 is 5.97 Å². The predicted octanol–water partition coefficient (Wildman–Crippen LogP) is -0.272. The maximum Gasteiger partial charge on any atom is 0.328 e. The van der Waals surface area contributed by atoms with Crippen molar-refractivity contribution in [1.82, 2.24) is 10.2 Å². The summed E-state index contributed by atoms with van der Waals surface area (Å²) in [6.07, 6.45) is 0. The molecule has 0 bridgehead atoms. The van der Waals surface area contributed by atoms with Crippen molar-refractivity contribution < 1.29 is 24.2 Å². The highest BCUT2D eigenvalue weighted by Gasteiger charge is 2.32. The van der Waals surface area contributed by atoms with Crippen molar-refractivity contribution in [3.8, 4) is 0 Å². The van der Waals surface area contributed by atoms with E-state index in [2.05, 4.69) is 5.32 Å². The fourth-order valence-corrected chi connectivity index (χ4v) is 2.06. The predicted molar refractivity (Wildman–Crippen MR) is 72.7 cm³/mol. The van der Waals surface area contributed by atoms with Gasteiger partial charge in [0.25, 0.3) is 5.91 Å². The number of benzene rings is 1. The zero-order chi connectivity index (χ0) is 15.2. The quantitative estimate of drug-likeness (QED) is 0.796. The van der Waals surface area contributed by atoms with E-state index in [4.69, 9.17) is 9.84 Å². The van der Waals surface area contributed by atoms with E-state index in [0.29, 0.717) is 12.2 Å². The van der Waals surface area contributed by atoms with Gasteiger partial charge in [0.05, 0.1) is 19.8 Å². The molecular weight excluding hydrogens is 276 g/mol. The van der Waals surface area contributed by atoms with Crippen LogP contribution in [-0.2, 0) is 14.3 Å². The summed E-state index contributed by atoms with van der Waals surface area (Å²) >= 11 is 0. The summed E-state index contributed by atoms with van der Waals surface area (Å²) in [5, 5.41) is 11.5. The number of hydrogen-bond donors (Lipinski definition) is 2. The van der Waals surface area contributed by atoms with Crippen molar-refractivity contribution in [3.63, 3.8) is 0 Å². The van der Waals surface area contributed by atoms with Crippen LogP contribution in [0.2, 0.25) is 0 Å². The standard InChI is InChI=1S/C14H16N2O5/c17-12(16-6-7-21-9-11(16)14(19)20)8-15-13(18)10-4-2-1-3-5-10/h1-5,11H,6-9H2,(H,15,18)(H,19,20). The Labute approximate surface area is 121 Å². The Bertz CT molecular complexity index is 531. The van der Waals surface area contributed by atoms with Crippen LogP contribution in [0.1, 0.15) is 10.4 Å². The van der Waals surface area contributed by atoms with Gasteiger partial charge in [-0.15, -0.1) is 0 Å². The van der Waals surface area contributed by atoms with Gasteiger partial charge < -0.3 is 20.1 Å². The van der Waals surface area contributed by atoms with Crippen LogP contribution in [0.3, 0.4) is 0 Å². The third kappa shape index (κ3) is 3.79. The molecule has 2 rings (SSSR count). The molecule has 1 aromatic carbocycles. The SMILES string of the molecule is O=C(NCC(=O)N1CCOCC1C(=O)O)c1ccccc1. The minimum absolute atomic E-state index is 0.0340. The molecule has 112 valence electrons. The zero-order valence-corrected chi connectivity index (χ0v) is 11.3. The van der Waals surface area contributed by atoms with Crippen LogP contribution in [0.15, 0.2) is 30.3 Å². The highest BCUT2D eigenvalue weighted by atomic mass is 16.5. The van der Waals surface area contributed by atoms with E-state index in [9.17, 15) is 14.4 Å². The molecule has 0 aromatic heterocycles. The third-order valence-electron chi connectivity index (χ3n) is 3.17. The van der Waals surface area contributed by atoms with E-state index in [1.807, 2.05) is 0 Å². The average Bonchev–Trinajstić information content (AvgIpc) is 2.53. The molecule has 1 aliphatic heterocycles. The number of rotatable bonds is 4. The van der Waals surface area contributed by atoms with Crippen molar-refractivity contribution in [3.05, 3.63) is 35.9 Å². The number of carbonyl (C=O) groups is 3. The number of nitrogens with one attached hydrogen (secondary N) is 1. The lowest BCUT2D eigenvalue weighted by Gasteiger charge is -2.32. The molecule has 7 nitrogen and oxygen atoms in total. The number of ether oxygens (including phenoxy) is 1. The number of morpholine rings is 1. The molecule has 1 heterocycles. The fraction of sp³-hybridized carbons (Fsp3) is 0.357. The molecule has 7 heteroatoms. The van der Waals surface area contributed by atoms with Gasteiger partial charge in [-0.3, -0.25) is 9.59 Å². The van der Waals surface area contributed by atoms with Gasteiger partial charge in [0, 0.05) is 12.1 Å². The second-order valence-corrected chi connectivity index (χ2v) is 4.56. The summed E-state index contributed by atoms with van der Waals surface area (Å²) in [5.41, 5.74) is 0.446. The topological polar surface area (TPSA) is 95.9 Å². The second kappa shape index (κ2) is 6.85. The number of aliphatic carboxylic acids is 1. The Morgan fingerprint density at radius 1 is 1.29 bits per heavy atom. The lowest BCUT2D eigenvalue weighted by Crippen LogP contribution is -2.54. The van der Waals surface area contributed by atoms with Gasteiger partial charge in [0.15, 0.2) is 6.04 Å². The highest BCUT2D eigenvalue weighted by Crippen LogP contribution is 2.07. The van der Waals surface area contributed by atoms with Crippen molar-refractivity contribution in [1.29, 1.82) is 0 Å². The molecule has 0 spiro atoms. The number of nitrogens with zero attached hydrogens (tertiary/aromatic N) is 1. The van der Waals surface area contributed by atoms with Crippen molar-refractivity contribution in [2.75, 3.05) is 26.3 Å². The molecule has 2 N–H and O–H groups in total. The molecule has 1 aliphatic rings. The summed E-state index contributed by atoms with van der Waals surface area (Å²) in [6.45, 7) is 0.227. The Kier molecular flexibility index (Phi) is 4.89. The minimum atomic E-state index is -1.11. The number of carboxylic acid groups (broad SMARTS) is 1. The molecule has 1 unspecified atom stereocenters. The summed E-state index contributed by atoms with van der Waals surface area (Å²) in [7, 11) is 0. The van der Waals surface area contributed by atoms with E-state index < -0.39 is 17.9 Å². The monoisotopic (exact) mass is 292 g/mol. The van der Waals surface area contributed by atoms with Gasteiger partial charge in [0.1, 0.15) is 0 Å². The van der Waals surface area contributed by atoms with Gasteiger partial charge in [-0.25, -0.2) is 4.79 Å². The van der Waals surface area contributed by atoms with Gasteiger partial charge in [-0.05, 0) is 12.1 Å². The zero-order valence-electron chi connectivity index (χ0n) is 11.3. The summed E-state index contributed by atoms with van der Waals surface area (Å²) in [4.78, 5) is 36.2. The van der Waals surface area contributed by atoms with E-state index in [-0.39, 0.29) is 25.6 Å². The molecule has 0 aliphatic carbocycles. The van der Waals surface area contributed by atoms with Crippen molar-refractivity contribution in [2.24, 2.45) is 0 Å². The number of hydrogen-bond acceptors (Lipinski definition) is 4. The normalized spacial score (nSPS) is 18.1. The van der Waals surface area contributed by atoms with Gasteiger partial charge in [0.2, 0.25) is 5.91 Å². The molecule has 1 fully saturated rings. The van der Waals surface area contributed by atoms with E-state index >= 15 is 0 Å². The fourth-order valence-electron chi connectivity index (χ4n) is 2.06. The first kappa shape index (κ1) is 15.0. The Morgan fingerprint density at radius 3 is 2.67 bits per heavy atom. The smallest absolute Gasteiger partial charge is 0.328 e. The lowest BCUT2D eigenvalue weighted by molar-refractivity contribution is -0.157. The first-order chi connectivity index (χ1) is 10.1. The van der Waals surface area contributed by atoms with Crippen LogP contribution >= 0.6 is 0 Å². The summed E-state index contributed by atoms with van der Waals surface area (Å²) < 4.78 is 5.06. The first-order valence-electron chi connectivity index (χ1n) is 6.53. The molecule has 1 aromatic rings. The van der Waals surface area contributed by atoms with Crippen LogP contribution < -0.4 is 5.32 Å². The van der Waals surface area contributed by atoms with Crippen LogP contribution in [0.5, 0.6) is 0 Å². The maximum atomic E-state index is 12.0. The number of carboxylic acids is 1. The molecular formula is C14H16N2O5. The van der Waals surface area contributed by atoms with Crippen molar-refractivity contribution in [2.45, 2.75) is 6.04 Å². The van der Waals surface area contributed by atoms with Crippen molar-refractivity contribution >= 4 is 17.8 Å². The van der Waals surface area contributed by atoms with Crippen LogP contribution in [0.4, 0.5) is 0 Å².